The molecule has 0 amide bonds. The second-order valence-electron chi connectivity index (χ2n) is 8.37. The summed E-state index contributed by atoms with van der Waals surface area (Å²) in [5, 5.41) is 9.29. The SMILES string of the molecule is O=C(c1cnn(-c2ccccc2)c1-c1ccccc1)c1cnn(-c2ccccc2)c1-c1ccccc1. The molecule has 172 valence electrons. The normalized spacial score (nSPS) is 10.9. The lowest BCUT2D eigenvalue weighted by molar-refractivity contribution is 0.104. The van der Waals surface area contributed by atoms with Gasteiger partial charge in [0.2, 0.25) is 5.78 Å². The van der Waals surface area contributed by atoms with Crippen LogP contribution in [0.3, 0.4) is 0 Å². The van der Waals surface area contributed by atoms with Gasteiger partial charge in [-0.3, -0.25) is 4.79 Å². The molecule has 5 nitrogen and oxygen atoms in total. The molecule has 0 N–H and O–H groups in total. The number of aromatic nitrogens is 4. The first-order valence-electron chi connectivity index (χ1n) is 11.7. The molecule has 0 aliphatic heterocycles. The first-order valence-corrected chi connectivity index (χ1v) is 11.7. The van der Waals surface area contributed by atoms with Crippen molar-refractivity contribution in [3.05, 3.63) is 145 Å². The molecule has 6 rings (SSSR count). The molecular formula is C31H22N4O. The summed E-state index contributed by atoms with van der Waals surface area (Å²) in [5.74, 6) is -0.128. The standard InChI is InChI=1S/C31H22N4O/c36-31(27-21-32-34(25-17-9-3-10-18-25)29(27)23-13-5-1-6-14-23)28-22-33-35(26-19-11-4-12-20-26)30(28)24-15-7-2-8-16-24/h1-22H. The van der Waals surface area contributed by atoms with Crippen molar-refractivity contribution < 1.29 is 4.79 Å². The number of rotatable bonds is 6. The molecule has 36 heavy (non-hydrogen) atoms. The van der Waals surface area contributed by atoms with Crippen LogP contribution in [0.25, 0.3) is 33.9 Å². The van der Waals surface area contributed by atoms with Crippen molar-refractivity contribution in [1.82, 2.24) is 19.6 Å². The van der Waals surface area contributed by atoms with E-state index < -0.39 is 0 Å². The van der Waals surface area contributed by atoms with Gasteiger partial charge in [0.1, 0.15) is 0 Å². The fraction of sp³-hybridized carbons (Fsp3) is 0. The maximum Gasteiger partial charge on any atom is 0.200 e. The second kappa shape index (κ2) is 9.31. The summed E-state index contributed by atoms with van der Waals surface area (Å²) >= 11 is 0. The molecule has 0 atom stereocenters. The van der Waals surface area contributed by atoms with E-state index in [2.05, 4.69) is 10.2 Å². The molecule has 0 fully saturated rings. The van der Waals surface area contributed by atoms with Crippen molar-refractivity contribution in [3.63, 3.8) is 0 Å². The van der Waals surface area contributed by atoms with Gasteiger partial charge in [0.15, 0.2) is 0 Å². The number of hydrogen-bond donors (Lipinski definition) is 0. The Kier molecular flexibility index (Phi) is 5.56. The van der Waals surface area contributed by atoms with Crippen LogP contribution in [-0.2, 0) is 0 Å². The Labute approximate surface area is 208 Å². The summed E-state index contributed by atoms with van der Waals surface area (Å²) in [6.45, 7) is 0. The maximum absolute atomic E-state index is 14.2. The lowest BCUT2D eigenvalue weighted by atomic mass is 9.98. The van der Waals surface area contributed by atoms with E-state index in [0.29, 0.717) is 11.1 Å². The Bertz CT molecular complexity index is 1500. The van der Waals surface area contributed by atoms with Crippen molar-refractivity contribution in [3.8, 4) is 33.9 Å². The van der Waals surface area contributed by atoms with Crippen molar-refractivity contribution in [1.29, 1.82) is 0 Å². The minimum atomic E-state index is -0.128. The van der Waals surface area contributed by atoms with Gasteiger partial charge >= 0.3 is 0 Å². The van der Waals surface area contributed by atoms with E-state index in [-0.39, 0.29) is 5.78 Å². The zero-order valence-corrected chi connectivity index (χ0v) is 19.4. The van der Waals surface area contributed by atoms with E-state index in [1.54, 1.807) is 12.4 Å². The van der Waals surface area contributed by atoms with Crippen LogP contribution in [0.2, 0.25) is 0 Å². The van der Waals surface area contributed by atoms with Gasteiger partial charge in [0.05, 0.1) is 46.3 Å². The predicted octanol–water partition coefficient (Wildman–Crippen LogP) is 6.62. The minimum absolute atomic E-state index is 0.128. The van der Waals surface area contributed by atoms with E-state index in [0.717, 1.165) is 33.9 Å². The van der Waals surface area contributed by atoms with Crippen molar-refractivity contribution in [2.24, 2.45) is 0 Å². The average Bonchev–Trinajstić information content (AvgIpc) is 3.60. The number of ketones is 1. The third-order valence-corrected chi connectivity index (χ3v) is 6.12. The molecule has 0 aliphatic carbocycles. The second-order valence-corrected chi connectivity index (χ2v) is 8.37. The molecule has 2 aromatic heterocycles. The molecule has 0 aliphatic rings. The number of carbonyl (C=O) groups excluding carboxylic acids is 1. The van der Waals surface area contributed by atoms with Gasteiger partial charge in [-0.05, 0) is 24.3 Å². The first-order chi connectivity index (χ1) is 17.8. The van der Waals surface area contributed by atoms with Crippen LogP contribution >= 0.6 is 0 Å². The molecule has 6 aromatic rings. The Morgan fingerprint density at radius 3 is 1.17 bits per heavy atom. The molecule has 2 heterocycles. The summed E-state index contributed by atoms with van der Waals surface area (Å²) in [6, 6.07) is 39.5. The fourth-order valence-corrected chi connectivity index (χ4v) is 4.45. The highest BCUT2D eigenvalue weighted by atomic mass is 16.1. The zero-order chi connectivity index (χ0) is 24.3. The molecule has 4 aromatic carbocycles. The van der Waals surface area contributed by atoms with Gasteiger partial charge in [-0.15, -0.1) is 0 Å². The van der Waals surface area contributed by atoms with Crippen LogP contribution in [0.5, 0.6) is 0 Å². The quantitative estimate of drug-likeness (QED) is 0.259. The number of nitrogens with zero attached hydrogens (tertiary/aromatic N) is 4. The van der Waals surface area contributed by atoms with Crippen LogP contribution in [0.15, 0.2) is 134 Å². The summed E-state index contributed by atoms with van der Waals surface area (Å²) in [4.78, 5) is 14.2. The highest BCUT2D eigenvalue weighted by Gasteiger charge is 2.26. The van der Waals surface area contributed by atoms with Crippen molar-refractivity contribution in [2.45, 2.75) is 0 Å². The summed E-state index contributed by atoms with van der Waals surface area (Å²) < 4.78 is 3.65. The highest BCUT2D eigenvalue weighted by molar-refractivity contribution is 6.15. The lowest BCUT2D eigenvalue weighted by Crippen LogP contribution is -2.07. The van der Waals surface area contributed by atoms with Gasteiger partial charge in [-0.1, -0.05) is 97.1 Å². The Morgan fingerprint density at radius 2 is 0.806 bits per heavy atom. The molecule has 0 saturated carbocycles. The van der Waals surface area contributed by atoms with Crippen LogP contribution in [0.4, 0.5) is 0 Å². The van der Waals surface area contributed by atoms with Gasteiger partial charge < -0.3 is 0 Å². The predicted molar refractivity (Wildman–Crippen MR) is 141 cm³/mol. The monoisotopic (exact) mass is 466 g/mol. The molecule has 0 radical (unpaired) electrons. The molecule has 0 unspecified atom stereocenters. The van der Waals surface area contributed by atoms with E-state index in [1.165, 1.54) is 0 Å². The highest BCUT2D eigenvalue weighted by Crippen LogP contribution is 2.32. The van der Waals surface area contributed by atoms with Crippen LogP contribution < -0.4 is 0 Å². The summed E-state index contributed by atoms with van der Waals surface area (Å²) in [6.07, 6.45) is 3.32. The van der Waals surface area contributed by atoms with E-state index in [4.69, 9.17) is 0 Å². The fourth-order valence-electron chi connectivity index (χ4n) is 4.45. The Morgan fingerprint density at radius 1 is 0.472 bits per heavy atom. The first kappa shape index (κ1) is 21.5. The van der Waals surface area contributed by atoms with Crippen molar-refractivity contribution in [2.75, 3.05) is 0 Å². The summed E-state index contributed by atoms with van der Waals surface area (Å²) in [7, 11) is 0. The molecule has 5 heteroatoms. The Balaban J connectivity index is 1.56. The third-order valence-electron chi connectivity index (χ3n) is 6.12. The zero-order valence-electron chi connectivity index (χ0n) is 19.4. The Hall–Kier alpha value is -5.03. The van der Waals surface area contributed by atoms with E-state index in [1.807, 2.05) is 131 Å². The smallest absolute Gasteiger partial charge is 0.200 e. The van der Waals surface area contributed by atoms with Crippen LogP contribution in [-0.4, -0.2) is 25.3 Å². The summed E-state index contributed by atoms with van der Waals surface area (Å²) in [5.41, 5.74) is 6.15. The third kappa shape index (κ3) is 3.83. The maximum atomic E-state index is 14.2. The van der Waals surface area contributed by atoms with Crippen LogP contribution in [0.1, 0.15) is 15.9 Å². The van der Waals surface area contributed by atoms with E-state index in [9.17, 15) is 4.79 Å². The number of para-hydroxylation sites is 2. The van der Waals surface area contributed by atoms with Gasteiger partial charge in [-0.25, -0.2) is 9.36 Å². The minimum Gasteiger partial charge on any atom is -0.288 e. The molecular weight excluding hydrogens is 444 g/mol. The van der Waals surface area contributed by atoms with Gasteiger partial charge in [0.25, 0.3) is 0 Å². The van der Waals surface area contributed by atoms with Gasteiger partial charge in [-0.2, -0.15) is 10.2 Å². The average molecular weight is 467 g/mol. The number of hydrogen-bond acceptors (Lipinski definition) is 3. The van der Waals surface area contributed by atoms with Crippen molar-refractivity contribution >= 4 is 5.78 Å². The van der Waals surface area contributed by atoms with Crippen LogP contribution in [0, 0.1) is 0 Å². The molecule has 0 saturated heterocycles. The topological polar surface area (TPSA) is 52.7 Å². The number of carbonyl (C=O) groups is 1. The molecule has 0 bridgehead atoms. The largest absolute Gasteiger partial charge is 0.288 e. The lowest BCUT2D eigenvalue weighted by Gasteiger charge is -2.12. The molecule has 0 spiro atoms. The van der Waals surface area contributed by atoms with E-state index >= 15 is 0 Å². The van der Waals surface area contributed by atoms with Gasteiger partial charge in [0, 0.05) is 11.1 Å². The number of benzene rings is 4.